The minimum absolute atomic E-state index is 0.00269. The largest absolute Gasteiger partial charge is 0.507 e. The number of phenols is 3. The summed E-state index contributed by atoms with van der Waals surface area (Å²) in [5, 5.41) is 70.7. The molecule has 1 amide bonds. The normalized spacial score (nSPS) is 31.7. The Bertz CT molecular complexity index is 2000. The molecular formula is C43H58N2O13. The van der Waals surface area contributed by atoms with E-state index in [-0.39, 0.29) is 57.1 Å². The maximum absolute atomic E-state index is 14.5. The zero-order valence-electron chi connectivity index (χ0n) is 34.6. The highest BCUT2D eigenvalue weighted by Crippen LogP contribution is 2.58. The van der Waals surface area contributed by atoms with Gasteiger partial charge in [-0.15, -0.1) is 0 Å². The van der Waals surface area contributed by atoms with Crippen molar-refractivity contribution in [2.45, 2.75) is 98.4 Å². The molecule has 58 heavy (non-hydrogen) atoms. The third-order valence-corrected chi connectivity index (χ3v) is 12.2. The first kappa shape index (κ1) is 44.3. The third-order valence-electron chi connectivity index (χ3n) is 12.2. The Morgan fingerprint density at radius 1 is 0.948 bits per heavy atom. The van der Waals surface area contributed by atoms with E-state index in [4.69, 9.17) is 18.9 Å². The van der Waals surface area contributed by atoms with E-state index < -0.39 is 88.8 Å². The number of carbonyl (C=O) groups excluding carboxylic acids is 3. The van der Waals surface area contributed by atoms with Crippen molar-refractivity contribution >= 4 is 39.8 Å². The van der Waals surface area contributed by atoms with Gasteiger partial charge in [0.25, 0.3) is 11.7 Å². The number of benzene rings is 2. The Labute approximate surface area is 338 Å². The second kappa shape index (κ2) is 17.6. The van der Waals surface area contributed by atoms with Gasteiger partial charge in [-0.25, -0.2) is 0 Å². The van der Waals surface area contributed by atoms with E-state index in [0.717, 1.165) is 0 Å². The summed E-state index contributed by atoms with van der Waals surface area (Å²) in [7, 11) is 1.44. The van der Waals surface area contributed by atoms with Gasteiger partial charge in [0.1, 0.15) is 34.7 Å². The molecule has 6 rings (SSSR count). The van der Waals surface area contributed by atoms with E-state index in [2.05, 4.69) is 5.32 Å². The lowest BCUT2D eigenvalue weighted by atomic mass is 9.78. The van der Waals surface area contributed by atoms with Gasteiger partial charge in [0.15, 0.2) is 5.75 Å². The Balaban J connectivity index is 1.71. The predicted molar refractivity (Wildman–Crippen MR) is 216 cm³/mol. The topological polar surface area (TPSA) is 225 Å². The minimum atomic E-state index is -2.04. The Morgan fingerprint density at radius 3 is 2.21 bits per heavy atom. The van der Waals surface area contributed by atoms with Crippen LogP contribution in [0.2, 0.25) is 0 Å². The number of hydrogen-bond donors (Lipinski definition) is 7. The number of piperidine rings is 1. The molecule has 4 aliphatic rings. The zero-order chi connectivity index (χ0) is 43.0. The first-order valence-electron chi connectivity index (χ1n) is 19.7. The SMILES string of the molecule is CO[C@H]1C=CO[C@@]2(C)Oc3c(C)c(O)c4c(O)c(c(N5CCC(CO)CC5)c(O)c4c3C2=O)NC(=O)/C(C)=C\C=C/[C@H](C)[C@H](O)[C@@H](C)[C@@H](O)[C@@H](C)[C@H](OC(C)=O)[C@@H]1C. The van der Waals surface area contributed by atoms with Crippen molar-refractivity contribution in [2.24, 2.45) is 29.6 Å². The van der Waals surface area contributed by atoms with Crippen molar-refractivity contribution in [3.05, 3.63) is 47.3 Å². The highest BCUT2D eigenvalue weighted by Gasteiger charge is 2.50. The maximum Gasteiger partial charge on any atom is 0.312 e. The standard InChI is InChI=1S/C43H58N2O13/c1-20-11-10-12-21(2)42(54)44-32-33(45-16-13-27(19-46)14-17-45)38(52)29-30(37(32)51)36(50)25(6)40-31(29)41(53)43(8,58-40)56-18-15-28(55-9)22(3)39(57-26(7)47)24(5)35(49)23(4)34(20)48/h10-12,15,18,20,22-24,27-28,34-35,39,46,48-52H,13-14,16-17,19H2,1-9H3,(H,44,54)/b11-10-,18-15?,21-12-/t20-,22+,23+,24+,28-,34-,35+,39+,43-/m0/s1. The number of carbonyl (C=O) groups is 3. The molecule has 318 valence electrons. The average Bonchev–Trinajstić information content (AvgIpc) is 3.46. The molecule has 0 saturated carbocycles. The number of hydrogen-bond acceptors (Lipinski definition) is 14. The second-order valence-electron chi connectivity index (χ2n) is 16.2. The number of amides is 1. The number of ketones is 1. The van der Waals surface area contributed by atoms with Crippen LogP contribution in [0.4, 0.5) is 11.4 Å². The molecule has 0 unspecified atom stereocenters. The fraction of sp³-hybridized carbons (Fsp3) is 0.558. The van der Waals surface area contributed by atoms with Gasteiger partial charge in [-0.3, -0.25) is 14.4 Å². The number of allylic oxidation sites excluding steroid dienone is 2. The van der Waals surface area contributed by atoms with E-state index in [9.17, 15) is 45.0 Å². The summed E-state index contributed by atoms with van der Waals surface area (Å²) in [6.45, 7) is 13.2. The molecular weight excluding hydrogens is 752 g/mol. The smallest absolute Gasteiger partial charge is 0.312 e. The fourth-order valence-electron chi connectivity index (χ4n) is 8.35. The predicted octanol–water partition coefficient (Wildman–Crippen LogP) is 4.96. The van der Waals surface area contributed by atoms with Crippen LogP contribution in [-0.2, 0) is 23.8 Å². The number of ether oxygens (including phenoxy) is 4. The van der Waals surface area contributed by atoms with E-state index in [1.165, 1.54) is 53.2 Å². The minimum Gasteiger partial charge on any atom is -0.507 e. The molecule has 0 aliphatic carbocycles. The Kier molecular flexibility index (Phi) is 13.4. The number of rotatable bonds is 4. The average molecular weight is 811 g/mol. The number of aliphatic hydroxyl groups excluding tert-OH is 3. The lowest BCUT2D eigenvalue weighted by Crippen LogP contribution is -2.46. The number of nitrogens with one attached hydrogen (secondary N) is 1. The van der Waals surface area contributed by atoms with Crippen molar-refractivity contribution in [3.8, 4) is 23.0 Å². The van der Waals surface area contributed by atoms with Gasteiger partial charge in [-0.2, -0.15) is 0 Å². The molecule has 7 N–H and O–H groups in total. The number of methoxy groups -OCH3 is 1. The van der Waals surface area contributed by atoms with Gasteiger partial charge in [-0.05, 0) is 38.7 Å². The summed E-state index contributed by atoms with van der Waals surface area (Å²) in [4.78, 5) is 42.3. The Morgan fingerprint density at radius 2 is 1.60 bits per heavy atom. The number of nitrogens with zero attached hydrogens (tertiary/aromatic N) is 1. The number of phenolic OH excluding ortho intramolecular Hbond substituents is 3. The van der Waals surface area contributed by atoms with Gasteiger partial charge >= 0.3 is 11.8 Å². The van der Waals surface area contributed by atoms with Crippen LogP contribution < -0.4 is 15.0 Å². The second-order valence-corrected chi connectivity index (χ2v) is 16.2. The number of Topliss-reactive ketones (excluding diaryl/α,β-unsaturated/α-hetero) is 1. The molecule has 15 heteroatoms. The van der Waals surface area contributed by atoms with Crippen LogP contribution in [0.3, 0.4) is 0 Å². The summed E-state index contributed by atoms with van der Waals surface area (Å²) in [6, 6.07) is 0. The summed E-state index contributed by atoms with van der Waals surface area (Å²) >= 11 is 0. The summed E-state index contributed by atoms with van der Waals surface area (Å²) < 4.78 is 23.6. The number of anilines is 2. The summed E-state index contributed by atoms with van der Waals surface area (Å²) in [5.74, 6) is -8.18. The highest BCUT2D eigenvalue weighted by molar-refractivity contribution is 6.23. The van der Waals surface area contributed by atoms with Crippen LogP contribution in [0.1, 0.15) is 77.2 Å². The lowest BCUT2D eigenvalue weighted by Gasteiger charge is -2.38. The molecule has 15 nitrogen and oxygen atoms in total. The van der Waals surface area contributed by atoms with Crippen LogP contribution in [-0.4, -0.2) is 105 Å². The van der Waals surface area contributed by atoms with Crippen molar-refractivity contribution in [3.63, 3.8) is 0 Å². The number of esters is 1. The van der Waals surface area contributed by atoms with Crippen molar-refractivity contribution in [2.75, 3.05) is 37.0 Å². The summed E-state index contributed by atoms with van der Waals surface area (Å²) in [6.07, 6.45) is 4.66. The lowest BCUT2D eigenvalue weighted by molar-refractivity contribution is -0.160. The molecule has 0 spiro atoms. The highest BCUT2D eigenvalue weighted by atomic mass is 16.7. The molecule has 9 atom stereocenters. The molecule has 1 fully saturated rings. The molecule has 0 aromatic heterocycles. The molecule has 0 radical (unpaired) electrons. The molecule has 4 aliphatic heterocycles. The van der Waals surface area contributed by atoms with Gasteiger partial charge in [0, 0.05) is 80.8 Å². The number of aromatic hydroxyl groups is 3. The fourth-order valence-corrected chi connectivity index (χ4v) is 8.35. The van der Waals surface area contributed by atoms with Crippen LogP contribution >= 0.6 is 0 Å². The van der Waals surface area contributed by atoms with Crippen LogP contribution in [0.25, 0.3) is 10.8 Å². The third kappa shape index (κ3) is 8.22. The molecule has 2 aromatic rings. The molecule has 2 aromatic carbocycles. The monoisotopic (exact) mass is 810 g/mol. The maximum atomic E-state index is 14.5. The van der Waals surface area contributed by atoms with Crippen LogP contribution in [0.15, 0.2) is 36.1 Å². The van der Waals surface area contributed by atoms with Gasteiger partial charge in [-0.1, -0.05) is 45.9 Å². The molecule has 5 bridgehead atoms. The van der Waals surface area contributed by atoms with Crippen LogP contribution in [0.5, 0.6) is 23.0 Å². The van der Waals surface area contributed by atoms with Gasteiger partial charge in [0.05, 0.1) is 35.5 Å². The van der Waals surface area contributed by atoms with E-state index >= 15 is 0 Å². The van der Waals surface area contributed by atoms with E-state index in [1.54, 1.807) is 44.7 Å². The summed E-state index contributed by atoms with van der Waals surface area (Å²) in [5.41, 5.74) is -0.0955. The van der Waals surface area contributed by atoms with Crippen molar-refractivity contribution in [1.29, 1.82) is 0 Å². The van der Waals surface area contributed by atoms with E-state index in [0.29, 0.717) is 25.9 Å². The Hall–Kier alpha value is -4.83. The number of aliphatic hydroxyl groups is 3. The quantitative estimate of drug-likeness (QED) is 0.123. The number of fused-ring (bicyclic) bond motifs is 14. The van der Waals surface area contributed by atoms with Gasteiger partial charge in [0.2, 0.25) is 0 Å². The van der Waals surface area contributed by atoms with Crippen molar-refractivity contribution < 1.29 is 64.0 Å². The van der Waals surface area contributed by atoms with Crippen molar-refractivity contribution in [1.82, 2.24) is 0 Å². The first-order chi connectivity index (χ1) is 27.3. The first-order valence-corrected chi connectivity index (χ1v) is 19.7. The molecule has 4 heterocycles. The van der Waals surface area contributed by atoms with E-state index in [1.807, 2.05) is 0 Å². The van der Waals surface area contributed by atoms with Crippen LogP contribution in [0, 0.1) is 36.5 Å². The zero-order valence-corrected chi connectivity index (χ0v) is 34.6. The molecule has 1 saturated heterocycles. The van der Waals surface area contributed by atoms with Gasteiger partial charge < -0.3 is 59.8 Å².